The van der Waals surface area contributed by atoms with Crippen molar-refractivity contribution < 1.29 is 14.3 Å². The molecule has 0 aromatic rings. The van der Waals surface area contributed by atoms with Gasteiger partial charge in [0.1, 0.15) is 12.3 Å². The Balaban J connectivity index is 1.99. The smallest absolute Gasteiger partial charge is 0.354 e. The van der Waals surface area contributed by atoms with E-state index in [-0.39, 0.29) is 23.6 Å². The van der Waals surface area contributed by atoms with Gasteiger partial charge >= 0.3 is 5.97 Å². The monoisotopic (exact) mass is 315 g/mol. The van der Waals surface area contributed by atoms with Crippen LogP contribution in [0, 0.1) is 0 Å². The number of nitrogens with zero attached hydrogens (tertiary/aromatic N) is 1. The van der Waals surface area contributed by atoms with Crippen LogP contribution >= 0.6 is 46.6 Å². The summed E-state index contributed by atoms with van der Waals surface area (Å²) in [6, 6.07) is 0. The first kappa shape index (κ1) is 13.3. The third-order valence-corrected chi connectivity index (χ3v) is 3.76. The summed E-state index contributed by atoms with van der Waals surface area (Å²) in [6.07, 6.45) is 2.11. The second-order valence-corrected chi connectivity index (χ2v) is 7.26. The van der Waals surface area contributed by atoms with Gasteiger partial charge in [-0.1, -0.05) is 34.8 Å². The largest absolute Gasteiger partial charge is 0.456 e. The topological polar surface area (TPSA) is 46.6 Å². The number of esters is 1. The van der Waals surface area contributed by atoms with Crippen LogP contribution in [0.1, 0.15) is 6.42 Å². The predicted molar refractivity (Wildman–Crippen MR) is 67.0 cm³/mol. The Kier molecular flexibility index (Phi) is 3.83. The Labute approximate surface area is 117 Å². The van der Waals surface area contributed by atoms with E-state index < -0.39 is 9.76 Å². The van der Waals surface area contributed by atoms with Crippen LogP contribution in [0.3, 0.4) is 0 Å². The Hall–Kier alpha value is -0.100. The Morgan fingerprint density at radius 3 is 2.88 bits per heavy atom. The van der Waals surface area contributed by atoms with E-state index >= 15 is 0 Å². The van der Waals surface area contributed by atoms with Crippen molar-refractivity contribution in [2.45, 2.75) is 15.6 Å². The first-order valence-electron chi connectivity index (χ1n) is 4.76. The zero-order valence-electron chi connectivity index (χ0n) is 8.49. The average molecular weight is 317 g/mol. The van der Waals surface area contributed by atoms with Crippen molar-refractivity contribution in [2.24, 2.45) is 0 Å². The molecule has 0 radical (unpaired) electrons. The molecular weight excluding hydrogens is 309 g/mol. The number of alkyl halides is 3. The van der Waals surface area contributed by atoms with E-state index in [0.717, 1.165) is 0 Å². The van der Waals surface area contributed by atoms with Gasteiger partial charge in [0.25, 0.3) is 0 Å². The molecule has 1 amide bonds. The molecule has 1 atom stereocenters. The lowest BCUT2D eigenvalue weighted by atomic mass is 10.1. The Morgan fingerprint density at radius 2 is 2.29 bits per heavy atom. The fourth-order valence-electron chi connectivity index (χ4n) is 1.55. The third-order valence-electron chi connectivity index (χ3n) is 2.31. The number of β-lactam (4-membered cyclic amide) rings is 1. The lowest BCUT2D eigenvalue weighted by Gasteiger charge is -2.42. The van der Waals surface area contributed by atoms with Crippen LogP contribution in [-0.2, 0) is 14.3 Å². The zero-order valence-corrected chi connectivity index (χ0v) is 11.6. The lowest BCUT2D eigenvalue weighted by molar-refractivity contribution is -0.149. The summed E-state index contributed by atoms with van der Waals surface area (Å²) >= 11 is 18.0. The highest BCUT2D eigenvalue weighted by atomic mass is 35.6. The summed E-state index contributed by atoms with van der Waals surface area (Å²) in [7, 11) is 0. The number of amides is 1. The molecule has 0 N–H and O–H groups in total. The highest BCUT2D eigenvalue weighted by Gasteiger charge is 2.43. The van der Waals surface area contributed by atoms with Crippen molar-refractivity contribution in [3.8, 4) is 0 Å². The number of hydrogen-bond donors (Lipinski definition) is 0. The van der Waals surface area contributed by atoms with Gasteiger partial charge in [-0.15, -0.1) is 11.8 Å². The normalized spacial score (nSPS) is 23.7. The van der Waals surface area contributed by atoms with Crippen LogP contribution in [0.4, 0.5) is 0 Å². The maximum atomic E-state index is 11.7. The van der Waals surface area contributed by atoms with E-state index in [0.29, 0.717) is 12.2 Å². The minimum Gasteiger partial charge on any atom is -0.456 e. The summed E-state index contributed by atoms with van der Waals surface area (Å²) in [5.74, 6) is -0.0407. The number of carbonyl (C=O) groups is 2. The van der Waals surface area contributed by atoms with Gasteiger partial charge < -0.3 is 4.74 Å². The summed E-state index contributed by atoms with van der Waals surface area (Å²) in [4.78, 5) is 24.5. The number of halogens is 3. The van der Waals surface area contributed by atoms with Crippen LogP contribution in [0.5, 0.6) is 0 Å². The van der Waals surface area contributed by atoms with E-state index in [1.54, 1.807) is 17.8 Å². The zero-order chi connectivity index (χ0) is 12.6. The molecule has 1 saturated heterocycles. The van der Waals surface area contributed by atoms with Crippen molar-refractivity contribution in [3.05, 3.63) is 11.8 Å². The van der Waals surface area contributed by atoms with Gasteiger partial charge in [-0.25, -0.2) is 4.79 Å². The van der Waals surface area contributed by atoms with E-state index in [2.05, 4.69) is 0 Å². The third kappa shape index (κ3) is 3.02. The number of ether oxygens (including phenoxy) is 1. The van der Waals surface area contributed by atoms with E-state index in [4.69, 9.17) is 39.5 Å². The van der Waals surface area contributed by atoms with E-state index in [1.807, 2.05) is 0 Å². The van der Waals surface area contributed by atoms with Crippen LogP contribution in [0.25, 0.3) is 0 Å². The number of hydrogen-bond acceptors (Lipinski definition) is 4. The van der Waals surface area contributed by atoms with Gasteiger partial charge in [0, 0.05) is 5.75 Å². The minimum absolute atomic E-state index is 0.0443. The SMILES string of the molecule is O=C(OCC(Cl)(Cl)Cl)C1=CCS[C@@H]2CC(=O)N12. The molecule has 2 aliphatic rings. The maximum absolute atomic E-state index is 11.7. The van der Waals surface area contributed by atoms with Crippen molar-refractivity contribution in [1.82, 2.24) is 4.90 Å². The highest BCUT2D eigenvalue weighted by Crippen LogP contribution is 2.37. The fraction of sp³-hybridized carbons (Fsp3) is 0.556. The summed E-state index contributed by atoms with van der Waals surface area (Å²) < 4.78 is 3.20. The molecule has 94 valence electrons. The van der Waals surface area contributed by atoms with Crippen LogP contribution in [0.15, 0.2) is 11.8 Å². The van der Waals surface area contributed by atoms with Gasteiger partial charge in [0.2, 0.25) is 9.70 Å². The molecule has 2 rings (SSSR count). The summed E-state index contributed by atoms with van der Waals surface area (Å²) in [6.45, 7) is -0.340. The molecule has 0 unspecified atom stereocenters. The molecule has 2 aliphatic heterocycles. The van der Waals surface area contributed by atoms with Crippen molar-refractivity contribution >= 4 is 58.4 Å². The van der Waals surface area contributed by atoms with Gasteiger partial charge in [0.05, 0.1) is 11.8 Å². The molecule has 0 saturated carbocycles. The summed E-state index contributed by atoms with van der Waals surface area (Å²) in [5.41, 5.74) is 0.249. The fourth-order valence-corrected chi connectivity index (χ4v) is 2.83. The van der Waals surface area contributed by atoms with E-state index in [9.17, 15) is 9.59 Å². The molecule has 0 aliphatic carbocycles. The average Bonchev–Trinajstić information content (AvgIpc) is 2.22. The Morgan fingerprint density at radius 1 is 1.59 bits per heavy atom. The number of fused-ring (bicyclic) bond motifs is 1. The molecule has 0 aromatic carbocycles. The first-order valence-corrected chi connectivity index (χ1v) is 6.94. The second kappa shape index (κ2) is 4.88. The molecule has 8 heteroatoms. The summed E-state index contributed by atoms with van der Waals surface area (Å²) in [5, 5.41) is 0.0443. The van der Waals surface area contributed by atoms with Gasteiger partial charge in [-0.05, 0) is 6.08 Å². The lowest BCUT2D eigenvalue weighted by Crippen LogP contribution is -2.53. The minimum atomic E-state index is -1.64. The number of thioether (sulfide) groups is 1. The van der Waals surface area contributed by atoms with Crippen molar-refractivity contribution in [2.75, 3.05) is 12.4 Å². The molecular formula is C9H8Cl3NO3S. The molecule has 17 heavy (non-hydrogen) atoms. The van der Waals surface area contributed by atoms with E-state index in [1.165, 1.54) is 4.90 Å². The van der Waals surface area contributed by atoms with Crippen molar-refractivity contribution in [1.29, 1.82) is 0 Å². The molecule has 1 fully saturated rings. The van der Waals surface area contributed by atoms with Crippen LogP contribution in [0.2, 0.25) is 0 Å². The molecule has 0 spiro atoms. The first-order chi connectivity index (χ1) is 7.88. The predicted octanol–water partition coefficient (Wildman–Crippen LogP) is 2.09. The van der Waals surface area contributed by atoms with Gasteiger partial charge in [0.15, 0.2) is 0 Å². The van der Waals surface area contributed by atoms with Crippen LogP contribution < -0.4 is 0 Å². The molecule has 4 nitrogen and oxygen atoms in total. The van der Waals surface area contributed by atoms with Crippen LogP contribution in [-0.4, -0.2) is 38.3 Å². The molecule has 2 heterocycles. The van der Waals surface area contributed by atoms with Gasteiger partial charge in [-0.3, -0.25) is 9.69 Å². The molecule has 0 bridgehead atoms. The van der Waals surface area contributed by atoms with Crippen molar-refractivity contribution in [3.63, 3.8) is 0 Å². The van der Waals surface area contributed by atoms with Gasteiger partial charge in [-0.2, -0.15) is 0 Å². The number of rotatable bonds is 2. The number of carbonyl (C=O) groups excluding carboxylic acids is 2. The molecule has 0 aromatic heterocycles. The maximum Gasteiger partial charge on any atom is 0.354 e. The quantitative estimate of drug-likeness (QED) is 0.445. The standard InChI is InChI=1S/C9H8Cl3NO3S/c10-9(11,12)4-16-8(15)5-1-2-17-7-3-6(14)13(5)7/h1,7H,2-4H2/t7-/m1/s1. The highest BCUT2D eigenvalue weighted by molar-refractivity contribution is 8.00. The second-order valence-electron chi connectivity index (χ2n) is 3.54. The Bertz CT molecular complexity index is 393.